The molecule has 1 saturated carbocycles. The number of carbonyl (C=O) groups excluding carboxylic acids is 2. The molecule has 178 valence electrons. The molecule has 1 aromatic heterocycles. The van der Waals surface area contributed by atoms with Crippen LogP contribution in [0.2, 0.25) is 10.0 Å². The lowest BCUT2D eigenvalue weighted by Crippen LogP contribution is -2.38. The van der Waals surface area contributed by atoms with E-state index in [9.17, 15) is 9.59 Å². The minimum atomic E-state index is -0.612. The summed E-state index contributed by atoms with van der Waals surface area (Å²) in [6.07, 6.45) is 3.51. The Hall–Kier alpha value is -2.83. The zero-order chi connectivity index (χ0) is 24.5. The summed E-state index contributed by atoms with van der Waals surface area (Å²) in [5.41, 5.74) is 3.14. The first-order valence-corrected chi connectivity index (χ1v) is 12.2. The summed E-state index contributed by atoms with van der Waals surface area (Å²) >= 11 is 12.7. The highest BCUT2D eigenvalue weighted by atomic mass is 35.5. The second kappa shape index (κ2) is 9.80. The number of nitrogens with zero attached hydrogens (tertiary/aromatic N) is 2. The van der Waals surface area contributed by atoms with Crippen LogP contribution < -0.4 is 10.6 Å². The van der Waals surface area contributed by atoms with Gasteiger partial charge in [0.1, 0.15) is 6.04 Å². The average molecular weight is 499 g/mol. The minimum Gasteiger partial charge on any atom is -0.325 e. The SMILES string of the molecule is Cc1cc(C)n([C@H](C)C(=O)Nc2ccc(NC(=O)C3(c4cccc(Cl)c4)CCCC3)cc2Cl)n1. The van der Waals surface area contributed by atoms with Gasteiger partial charge in [0.2, 0.25) is 11.8 Å². The van der Waals surface area contributed by atoms with Gasteiger partial charge in [-0.2, -0.15) is 5.10 Å². The number of aryl methyl sites for hydroxylation is 2. The molecule has 0 spiro atoms. The van der Waals surface area contributed by atoms with Crippen LogP contribution in [0.1, 0.15) is 55.6 Å². The zero-order valence-electron chi connectivity index (χ0n) is 19.5. The molecule has 8 heteroatoms. The van der Waals surface area contributed by atoms with Crippen molar-refractivity contribution in [2.24, 2.45) is 0 Å². The normalized spacial score (nSPS) is 15.7. The number of halogens is 2. The summed E-state index contributed by atoms with van der Waals surface area (Å²) in [4.78, 5) is 26.2. The van der Waals surface area contributed by atoms with Crippen molar-refractivity contribution < 1.29 is 9.59 Å². The molecule has 0 radical (unpaired) electrons. The van der Waals surface area contributed by atoms with E-state index in [1.165, 1.54) is 0 Å². The molecule has 1 heterocycles. The number of benzene rings is 2. The largest absolute Gasteiger partial charge is 0.325 e. The Kier molecular flexibility index (Phi) is 7.01. The van der Waals surface area contributed by atoms with Crippen LogP contribution in [0, 0.1) is 13.8 Å². The van der Waals surface area contributed by atoms with E-state index in [-0.39, 0.29) is 11.8 Å². The maximum Gasteiger partial charge on any atom is 0.248 e. The van der Waals surface area contributed by atoms with Gasteiger partial charge in [0.15, 0.2) is 0 Å². The van der Waals surface area contributed by atoms with Crippen molar-refractivity contribution in [1.29, 1.82) is 0 Å². The Labute approximate surface area is 209 Å². The lowest BCUT2D eigenvalue weighted by Gasteiger charge is -2.28. The van der Waals surface area contributed by atoms with Crippen LogP contribution in [-0.2, 0) is 15.0 Å². The van der Waals surface area contributed by atoms with E-state index in [2.05, 4.69) is 15.7 Å². The third-order valence-corrected chi connectivity index (χ3v) is 7.09. The highest BCUT2D eigenvalue weighted by molar-refractivity contribution is 6.34. The number of anilines is 2. The molecule has 2 amide bonds. The van der Waals surface area contributed by atoms with Crippen LogP contribution in [0.3, 0.4) is 0 Å². The zero-order valence-corrected chi connectivity index (χ0v) is 21.0. The third-order valence-electron chi connectivity index (χ3n) is 6.54. The number of rotatable bonds is 6. The molecule has 4 rings (SSSR count). The van der Waals surface area contributed by atoms with Gasteiger partial charge in [0.05, 0.1) is 21.8 Å². The van der Waals surface area contributed by atoms with Gasteiger partial charge in [0.25, 0.3) is 0 Å². The lowest BCUT2D eigenvalue weighted by molar-refractivity contribution is -0.121. The van der Waals surface area contributed by atoms with Gasteiger partial charge in [-0.3, -0.25) is 14.3 Å². The Balaban J connectivity index is 1.49. The first-order chi connectivity index (χ1) is 16.2. The molecule has 0 saturated heterocycles. The first-order valence-electron chi connectivity index (χ1n) is 11.4. The van der Waals surface area contributed by atoms with E-state index < -0.39 is 11.5 Å². The number of amides is 2. The molecule has 3 aromatic rings. The third kappa shape index (κ3) is 4.84. The van der Waals surface area contributed by atoms with Crippen molar-refractivity contribution in [3.8, 4) is 0 Å². The van der Waals surface area contributed by atoms with Crippen molar-refractivity contribution >= 4 is 46.4 Å². The molecule has 34 heavy (non-hydrogen) atoms. The Morgan fingerprint density at radius 1 is 1.03 bits per heavy atom. The van der Waals surface area contributed by atoms with E-state index in [1.54, 1.807) is 29.8 Å². The topological polar surface area (TPSA) is 76.0 Å². The highest BCUT2D eigenvalue weighted by Crippen LogP contribution is 2.43. The fourth-order valence-corrected chi connectivity index (χ4v) is 5.16. The van der Waals surface area contributed by atoms with Crippen LogP contribution in [0.15, 0.2) is 48.5 Å². The predicted molar refractivity (Wildman–Crippen MR) is 137 cm³/mol. The quantitative estimate of drug-likeness (QED) is 0.409. The number of aromatic nitrogens is 2. The second-order valence-electron chi connectivity index (χ2n) is 8.99. The van der Waals surface area contributed by atoms with Crippen LogP contribution in [-0.4, -0.2) is 21.6 Å². The predicted octanol–water partition coefficient (Wildman–Crippen LogP) is 6.46. The molecule has 1 fully saturated rings. The van der Waals surface area contributed by atoms with Gasteiger partial charge in [0, 0.05) is 16.4 Å². The number of carbonyl (C=O) groups is 2. The molecule has 1 atom stereocenters. The Morgan fingerprint density at radius 3 is 2.38 bits per heavy atom. The molecule has 2 aromatic carbocycles. The van der Waals surface area contributed by atoms with Crippen molar-refractivity contribution in [2.45, 2.75) is 57.9 Å². The summed E-state index contributed by atoms with van der Waals surface area (Å²) in [5.74, 6) is -0.297. The van der Waals surface area contributed by atoms with E-state index in [1.807, 2.05) is 44.2 Å². The maximum atomic E-state index is 13.4. The molecular weight excluding hydrogens is 471 g/mol. The van der Waals surface area contributed by atoms with E-state index in [4.69, 9.17) is 23.2 Å². The second-order valence-corrected chi connectivity index (χ2v) is 9.83. The summed E-state index contributed by atoms with van der Waals surface area (Å²) in [7, 11) is 0. The molecule has 0 unspecified atom stereocenters. The molecule has 1 aliphatic carbocycles. The van der Waals surface area contributed by atoms with Crippen LogP contribution >= 0.6 is 23.2 Å². The minimum absolute atomic E-state index is 0.0710. The molecule has 1 aliphatic rings. The monoisotopic (exact) mass is 498 g/mol. The van der Waals surface area contributed by atoms with Gasteiger partial charge in [-0.05, 0) is 75.6 Å². The van der Waals surface area contributed by atoms with Gasteiger partial charge < -0.3 is 10.6 Å². The van der Waals surface area contributed by atoms with Gasteiger partial charge >= 0.3 is 0 Å². The summed E-state index contributed by atoms with van der Waals surface area (Å²) in [6, 6.07) is 14.1. The van der Waals surface area contributed by atoms with Crippen molar-refractivity contribution in [3.63, 3.8) is 0 Å². The first kappa shape index (κ1) is 24.3. The fraction of sp³-hybridized carbons (Fsp3) is 0.346. The molecular formula is C26H28Cl2N4O2. The van der Waals surface area contributed by atoms with E-state index in [0.29, 0.717) is 21.4 Å². The van der Waals surface area contributed by atoms with Gasteiger partial charge in [-0.15, -0.1) is 0 Å². The van der Waals surface area contributed by atoms with Crippen LogP contribution in [0.5, 0.6) is 0 Å². The lowest BCUT2D eigenvalue weighted by atomic mass is 9.78. The summed E-state index contributed by atoms with van der Waals surface area (Å²) in [6.45, 7) is 5.59. The molecule has 6 nitrogen and oxygen atoms in total. The Morgan fingerprint density at radius 2 is 1.76 bits per heavy atom. The van der Waals surface area contributed by atoms with Crippen molar-refractivity contribution in [3.05, 3.63) is 75.5 Å². The molecule has 0 aliphatic heterocycles. The molecule has 0 bridgehead atoms. The summed E-state index contributed by atoms with van der Waals surface area (Å²) in [5, 5.41) is 11.2. The van der Waals surface area contributed by atoms with Crippen molar-refractivity contribution in [2.75, 3.05) is 10.6 Å². The molecule has 2 N–H and O–H groups in total. The van der Waals surface area contributed by atoms with Crippen LogP contribution in [0.25, 0.3) is 0 Å². The maximum absolute atomic E-state index is 13.4. The summed E-state index contributed by atoms with van der Waals surface area (Å²) < 4.78 is 1.68. The number of hydrogen-bond acceptors (Lipinski definition) is 3. The smallest absolute Gasteiger partial charge is 0.248 e. The van der Waals surface area contributed by atoms with Gasteiger partial charge in [-0.25, -0.2) is 0 Å². The van der Waals surface area contributed by atoms with E-state index in [0.717, 1.165) is 42.6 Å². The standard InChI is InChI=1S/C26H28Cl2N4O2/c1-16-13-17(2)32(31-16)18(3)24(33)30-23-10-9-21(15-22(23)28)29-25(34)26(11-4-5-12-26)19-7-6-8-20(27)14-19/h6-10,13-15,18H,4-5,11-12H2,1-3H3,(H,29,34)(H,30,33)/t18-/m1/s1. The highest BCUT2D eigenvalue weighted by Gasteiger charge is 2.42. The van der Waals surface area contributed by atoms with Crippen molar-refractivity contribution in [1.82, 2.24) is 9.78 Å². The van der Waals surface area contributed by atoms with E-state index >= 15 is 0 Å². The fourth-order valence-electron chi connectivity index (χ4n) is 4.74. The van der Waals surface area contributed by atoms with Gasteiger partial charge in [-0.1, -0.05) is 48.2 Å². The van der Waals surface area contributed by atoms with Crippen LogP contribution in [0.4, 0.5) is 11.4 Å². The Bertz CT molecular complexity index is 1230. The number of hydrogen-bond donors (Lipinski definition) is 2. The number of nitrogens with one attached hydrogen (secondary N) is 2. The average Bonchev–Trinajstić information content (AvgIpc) is 3.42.